The van der Waals surface area contributed by atoms with E-state index in [0.29, 0.717) is 17.9 Å². The summed E-state index contributed by atoms with van der Waals surface area (Å²) in [5, 5.41) is 8.84. The van der Waals surface area contributed by atoms with Gasteiger partial charge in [-0.05, 0) is 11.6 Å². The molecular formula is C10H12FNO2. The highest BCUT2D eigenvalue weighted by Crippen LogP contribution is 2.29. The van der Waals surface area contributed by atoms with Crippen LogP contribution in [0, 0.1) is 5.82 Å². The number of benzene rings is 1. The van der Waals surface area contributed by atoms with Crippen LogP contribution in [0.5, 0.6) is 5.75 Å². The monoisotopic (exact) mass is 197 g/mol. The van der Waals surface area contributed by atoms with Crippen molar-refractivity contribution in [3.05, 3.63) is 29.1 Å². The van der Waals surface area contributed by atoms with E-state index in [1.54, 1.807) is 6.07 Å². The SMILES string of the molecule is NC(CO)c1cc2c(cc1F)OCC2. The molecule has 4 heteroatoms. The van der Waals surface area contributed by atoms with Gasteiger partial charge in [0.15, 0.2) is 0 Å². The molecular weight excluding hydrogens is 185 g/mol. The molecule has 0 saturated carbocycles. The smallest absolute Gasteiger partial charge is 0.131 e. The van der Waals surface area contributed by atoms with E-state index in [2.05, 4.69) is 0 Å². The molecule has 1 aromatic carbocycles. The summed E-state index contributed by atoms with van der Waals surface area (Å²) in [6.45, 7) is 0.336. The van der Waals surface area contributed by atoms with Crippen LogP contribution in [0.2, 0.25) is 0 Å². The quantitative estimate of drug-likeness (QED) is 0.735. The molecule has 1 unspecified atom stereocenters. The Kier molecular flexibility index (Phi) is 2.39. The summed E-state index contributed by atoms with van der Waals surface area (Å²) in [5.74, 6) is 0.184. The van der Waals surface area contributed by atoms with Crippen molar-refractivity contribution in [2.24, 2.45) is 5.73 Å². The van der Waals surface area contributed by atoms with Gasteiger partial charge in [0, 0.05) is 18.1 Å². The molecule has 0 fully saturated rings. The van der Waals surface area contributed by atoms with E-state index < -0.39 is 11.9 Å². The maximum absolute atomic E-state index is 13.4. The van der Waals surface area contributed by atoms with Crippen molar-refractivity contribution in [1.29, 1.82) is 0 Å². The van der Waals surface area contributed by atoms with Crippen molar-refractivity contribution in [2.75, 3.05) is 13.2 Å². The Balaban J connectivity index is 2.42. The summed E-state index contributed by atoms with van der Waals surface area (Å²) in [6.07, 6.45) is 0.779. The maximum Gasteiger partial charge on any atom is 0.131 e. The Morgan fingerprint density at radius 2 is 2.36 bits per heavy atom. The molecule has 1 aromatic rings. The standard InChI is InChI=1S/C10H12FNO2/c11-8-4-10-6(1-2-14-10)3-7(8)9(12)5-13/h3-4,9,13H,1-2,5,12H2. The molecule has 3 N–H and O–H groups in total. The van der Waals surface area contributed by atoms with E-state index in [1.807, 2.05) is 0 Å². The number of hydrogen-bond acceptors (Lipinski definition) is 3. The molecule has 0 saturated heterocycles. The minimum Gasteiger partial charge on any atom is -0.493 e. The van der Waals surface area contributed by atoms with Gasteiger partial charge in [0.1, 0.15) is 11.6 Å². The van der Waals surface area contributed by atoms with Gasteiger partial charge in [-0.25, -0.2) is 4.39 Å². The van der Waals surface area contributed by atoms with Gasteiger partial charge in [0.2, 0.25) is 0 Å². The Hall–Kier alpha value is -1.13. The number of ether oxygens (including phenoxy) is 1. The normalized spacial score (nSPS) is 16.2. The number of nitrogens with two attached hydrogens (primary N) is 1. The number of hydrogen-bond donors (Lipinski definition) is 2. The summed E-state index contributed by atoms with van der Waals surface area (Å²) >= 11 is 0. The lowest BCUT2D eigenvalue weighted by molar-refractivity contribution is 0.265. The van der Waals surface area contributed by atoms with Crippen LogP contribution in [0.4, 0.5) is 4.39 Å². The van der Waals surface area contributed by atoms with Gasteiger partial charge in [-0.15, -0.1) is 0 Å². The van der Waals surface area contributed by atoms with Crippen molar-refractivity contribution < 1.29 is 14.2 Å². The van der Waals surface area contributed by atoms with Crippen molar-refractivity contribution in [3.8, 4) is 5.75 Å². The highest BCUT2D eigenvalue weighted by atomic mass is 19.1. The Morgan fingerprint density at radius 3 is 3.07 bits per heavy atom. The lowest BCUT2D eigenvalue weighted by Crippen LogP contribution is -2.16. The zero-order valence-electron chi connectivity index (χ0n) is 7.66. The lowest BCUT2D eigenvalue weighted by Gasteiger charge is -2.11. The van der Waals surface area contributed by atoms with Gasteiger partial charge in [0.05, 0.1) is 19.3 Å². The number of aliphatic hydroxyl groups is 1. The Labute approximate surface area is 81.3 Å². The minimum atomic E-state index is -0.652. The third kappa shape index (κ3) is 1.47. The average molecular weight is 197 g/mol. The van der Waals surface area contributed by atoms with Crippen molar-refractivity contribution >= 4 is 0 Å². The largest absolute Gasteiger partial charge is 0.493 e. The topological polar surface area (TPSA) is 55.5 Å². The minimum absolute atomic E-state index is 0.253. The Morgan fingerprint density at radius 1 is 1.57 bits per heavy atom. The van der Waals surface area contributed by atoms with Gasteiger partial charge in [-0.3, -0.25) is 0 Å². The zero-order chi connectivity index (χ0) is 10.1. The van der Waals surface area contributed by atoms with Crippen molar-refractivity contribution in [3.63, 3.8) is 0 Å². The third-order valence-electron chi connectivity index (χ3n) is 2.40. The molecule has 76 valence electrons. The van der Waals surface area contributed by atoms with E-state index in [4.69, 9.17) is 15.6 Å². The van der Waals surface area contributed by atoms with Gasteiger partial charge >= 0.3 is 0 Å². The van der Waals surface area contributed by atoms with E-state index in [0.717, 1.165) is 12.0 Å². The summed E-state index contributed by atoms with van der Waals surface area (Å²) in [5.41, 5.74) is 6.88. The summed E-state index contributed by atoms with van der Waals surface area (Å²) in [6, 6.07) is 2.37. The van der Waals surface area contributed by atoms with Crippen LogP contribution >= 0.6 is 0 Å². The molecule has 0 aromatic heterocycles. The van der Waals surface area contributed by atoms with Crippen LogP contribution in [-0.2, 0) is 6.42 Å². The van der Waals surface area contributed by atoms with E-state index in [-0.39, 0.29) is 6.61 Å². The van der Waals surface area contributed by atoms with Crippen LogP contribution < -0.4 is 10.5 Å². The first-order valence-electron chi connectivity index (χ1n) is 4.54. The van der Waals surface area contributed by atoms with Gasteiger partial charge in [0.25, 0.3) is 0 Å². The van der Waals surface area contributed by atoms with Gasteiger partial charge in [-0.2, -0.15) is 0 Å². The lowest BCUT2D eigenvalue weighted by atomic mass is 10.0. The van der Waals surface area contributed by atoms with Crippen LogP contribution in [-0.4, -0.2) is 18.3 Å². The fourth-order valence-corrected chi connectivity index (χ4v) is 1.60. The fourth-order valence-electron chi connectivity index (χ4n) is 1.60. The molecule has 0 radical (unpaired) electrons. The Bertz CT molecular complexity index is 354. The zero-order valence-corrected chi connectivity index (χ0v) is 7.66. The predicted octanol–water partition coefficient (Wildman–Crippen LogP) is 0.753. The number of aliphatic hydroxyl groups excluding tert-OH is 1. The highest BCUT2D eigenvalue weighted by Gasteiger charge is 2.18. The first-order valence-corrected chi connectivity index (χ1v) is 4.54. The van der Waals surface area contributed by atoms with Gasteiger partial charge in [-0.1, -0.05) is 0 Å². The van der Waals surface area contributed by atoms with Crippen LogP contribution in [0.15, 0.2) is 12.1 Å². The van der Waals surface area contributed by atoms with E-state index in [9.17, 15) is 4.39 Å². The molecule has 14 heavy (non-hydrogen) atoms. The van der Waals surface area contributed by atoms with Crippen LogP contribution in [0.3, 0.4) is 0 Å². The summed E-state index contributed by atoms with van der Waals surface area (Å²) in [7, 11) is 0. The molecule has 0 bridgehead atoms. The van der Waals surface area contributed by atoms with Crippen LogP contribution in [0.1, 0.15) is 17.2 Å². The first kappa shape index (κ1) is 9.43. The number of fused-ring (bicyclic) bond motifs is 1. The molecule has 0 spiro atoms. The average Bonchev–Trinajstić information content (AvgIpc) is 2.62. The second-order valence-electron chi connectivity index (χ2n) is 3.37. The number of rotatable bonds is 2. The summed E-state index contributed by atoms with van der Waals surface area (Å²) in [4.78, 5) is 0. The second kappa shape index (κ2) is 3.55. The molecule has 1 aliphatic rings. The molecule has 1 aliphatic heterocycles. The molecule has 1 atom stereocenters. The first-order chi connectivity index (χ1) is 6.72. The molecule has 3 nitrogen and oxygen atoms in total. The van der Waals surface area contributed by atoms with E-state index in [1.165, 1.54) is 6.07 Å². The molecule has 1 heterocycles. The maximum atomic E-state index is 13.4. The van der Waals surface area contributed by atoms with Crippen LogP contribution in [0.25, 0.3) is 0 Å². The number of halogens is 1. The summed E-state index contributed by atoms with van der Waals surface area (Å²) < 4.78 is 18.6. The molecule has 2 rings (SSSR count). The predicted molar refractivity (Wildman–Crippen MR) is 49.6 cm³/mol. The van der Waals surface area contributed by atoms with E-state index >= 15 is 0 Å². The molecule has 0 amide bonds. The molecule has 0 aliphatic carbocycles. The highest BCUT2D eigenvalue weighted by molar-refractivity contribution is 5.41. The fraction of sp³-hybridized carbons (Fsp3) is 0.400. The third-order valence-corrected chi connectivity index (χ3v) is 2.40. The van der Waals surface area contributed by atoms with Gasteiger partial charge < -0.3 is 15.6 Å². The van der Waals surface area contributed by atoms with Crippen molar-refractivity contribution in [1.82, 2.24) is 0 Å². The van der Waals surface area contributed by atoms with Crippen molar-refractivity contribution in [2.45, 2.75) is 12.5 Å². The second-order valence-corrected chi connectivity index (χ2v) is 3.37.